The molecule has 0 atom stereocenters. The number of benzene rings is 1. The molecule has 4 rings (SSSR count). The van der Waals surface area contributed by atoms with Crippen LogP contribution in [-0.4, -0.2) is 55.1 Å². The van der Waals surface area contributed by atoms with E-state index in [0.717, 1.165) is 55.4 Å². The number of piperazine rings is 1. The lowest BCUT2D eigenvalue weighted by Crippen LogP contribution is -2.47. The van der Waals surface area contributed by atoms with Crippen LogP contribution >= 0.6 is 11.3 Å². The Labute approximate surface area is 180 Å². The molecule has 0 spiro atoms. The molecule has 0 bridgehead atoms. The van der Waals surface area contributed by atoms with Crippen LogP contribution in [0.4, 0.5) is 10.1 Å². The van der Waals surface area contributed by atoms with Crippen LogP contribution in [0, 0.1) is 5.82 Å². The summed E-state index contributed by atoms with van der Waals surface area (Å²) >= 11 is 1.61. The Morgan fingerprint density at radius 1 is 1.10 bits per heavy atom. The summed E-state index contributed by atoms with van der Waals surface area (Å²) in [6, 6.07) is 14.3. The maximum atomic E-state index is 13.1. The highest BCUT2D eigenvalue weighted by Crippen LogP contribution is 2.23. The summed E-state index contributed by atoms with van der Waals surface area (Å²) in [4.78, 5) is 22.6. The zero-order chi connectivity index (χ0) is 20.8. The van der Waals surface area contributed by atoms with Gasteiger partial charge in [0.2, 0.25) is 0 Å². The Hall–Kier alpha value is -2.77. The maximum Gasteiger partial charge on any atom is 0.251 e. The first-order chi connectivity index (χ1) is 14.7. The van der Waals surface area contributed by atoms with Gasteiger partial charge in [0.1, 0.15) is 5.82 Å². The van der Waals surface area contributed by atoms with Gasteiger partial charge in [-0.15, -0.1) is 11.3 Å². The third-order valence-corrected chi connectivity index (χ3v) is 6.19. The van der Waals surface area contributed by atoms with E-state index >= 15 is 0 Å². The fourth-order valence-electron chi connectivity index (χ4n) is 3.62. The number of amides is 1. The summed E-state index contributed by atoms with van der Waals surface area (Å²) in [5.74, 6) is -0.259. The molecule has 0 unspecified atom stereocenters. The summed E-state index contributed by atoms with van der Waals surface area (Å²) in [7, 11) is 0. The first kappa shape index (κ1) is 20.5. The molecule has 1 amide bonds. The summed E-state index contributed by atoms with van der Waals surface area (Å²) in [6.07, 6.45) is 2.59. The van der Waals surface area contributed by atoms with Crippen LogP contribution in [0.3, 0.4) is 0 Å². The molecule has 30 heavy (non-hydrogen) atoms. The van der Waals surface area contributed by atoms with Crippen molar-refractivity contribution in [3.05, 3.63) is 71.5 Å². The second-order valence-electron chi connectivity index (χ2n) is 7.32. The van der Waals surface area contributed by atoms with Crippen molar-refractivity contribution in [2.45, 2.75) is 6.42 Å². The molecular formula is C23H25FN4OS. The van der Waals surface area contributed by atoms with Crippen LogP contribution < -0.4 is 10.2 Å². The summed E-state index contributed by atoms with van der Waals surface area (Å²) in [5, 5.41) is 5.02. The van der Waals surface area contributed by atoms with E-state index in [0.29, 0.717) is 12.1 Å². The van der Waals surface area contributed by atoms with Gasteiger partial charge in [0.05, 0.1) is 10.6 Å². The van der Waals surface area contributed by atoms with Gasteiger partial charge in [0.25, 0.3) is 5.91 Å². The minimum atomic E-state index is -0.200. The molecule has 0 aliphatic carbocycles. The number of rotatable bonds is 7. The summed E-state index contributed by atoms with van der Waals surface area (Å²) in [6.45, 7) is 5.41. The number of anilines is 1. The van der Waals surface area contributed by atoms with E-state index in [2.05, 4.69) is 20.1 Å². The predicted octanol–water partition coefficient (Wildman–Crippen LogP) is 3.89. The summed E-state index contributed by atoms with van der Waals surface area (Å²) in [5.41, 5.74) is 2.54. The quantitative estimate of drug-likeness (QED) is 0.585. The monoisotopic (exact) mass is 424 g/mol. The van der Waals surface area contributed by atoms with Gasteiger partial charge in [0, 0.05) is 50.2 Å². The molecular weight excluding hydrogens is 399 g/mol. The first-order valence-corrected chi connectivity index (χ1v) is 11.1. The molecule has 1 aliphatic heterocycles. The number of hydrogen-bond donors (Lipinski definition) is 1. The number of pyridine rings is 1. The number of nitrogens with one attached hydrogen (secondary N) is 1. The number of nitrogens with zero attached hydrogens (tertiary/aromatic N) is 3. The first-order valence-electron chi connectivity index (χ1n) is 10.2. The number of carbonyl (C=O) groups is 1. The van der Waals surface area contributed by atoms with Crippen molar-refractivity contribution in [2.24, 2.45) is 0 Å². The van der Waals surface area contributed by atoms with Crippen LogP contribution in [0.15, 0.2) is 60.1 Å². The largest absolute Gasteiger partial charge is 0.369 e. The molecule has 1 aromatic carbocycles. The second kappa shape index (κ2) is 9.82. The molecule has 1 N–H and O–H groups in total. The van der Waals surface area contributed by atoms with Crippen molar-refractivity contribution in [3.63, 3.8) is 0 Å². The Morgan fingerprint density at radius 3 is 2.63 bits per heavy atom. The second-order valence-corrected chi connectivity index (χ2v) is 8.27. The fraction of sp³-hybridized carbons (Fsp3) is 0.304. The van der Waals surface area contributed by atoms with Gasteiger partial charge in [-0.1, -0.05) is 6.07 Å². The van der Waals surface area contributed by atoms with Crippen LogP contribution in [0.1, 0.15) is 16.8 Å². The van der Waals surface area contributed by atoms with Crippen molar-refractivity contribution in [2.75, 3.05) is 44.2 Å². The third kappa shape index (κ3) is 5.23. The minimum absolute atomic E-state index is 0.0589. The van der Waals surface area contributed by atoms with Crippen LogP contribution in [0.25, 0.3) is 10.6 Å². The smallest absolute Gasteiger partial charge is 0.251 e. The molecule has 3 aromatic rings. The molecule has 1 aliphatic rings. The Morgan fingerprint density at radius 2 is 1.90 bits per heavy atom. The molecule has 2 aromatic heterocycles. The maximum absolute atomic E-state index is 13.1. The van der Waals surface area contributed by atoms with E-state index < -0.39 is 0 Å². The van der Waals surface area contributed by atoms with E-state index in [9.17, 15) is 9.18 Å². The number of halogens is 1. The van der Waals surface area contributed by atoms with Gasteiger partial charge in [0.15, 0.2) is 0 Å². The van der Waals surface area contributed by atoms with Gasteiger partial charge in [-0.3, -0.25) is 14.7 Å². The van der Waals surface area contributed by atoms with Crippen molar-refractivity contribution >= 4 is 22.9 Å². The average molecular weight is 425 g/mol. The van der Waals surface area contributed by atoms with E-state index in [1.807, 2.05) is 35.7 Å². The lowest BCUT2D eigenvalue weighted by atomic mass is 10.2. The fourth-order valence-corrected chi connectivity index (χ4v) is 4.31. The highest BCUT2D eigenvalue weighted by molar-refractivity contribution is 7.13. The SMILES string of the molecule is O=C(NCCCN1CCN(c2ccc(F)cc2)CC1)c1ccnc(-c2cccs2)c1. The Balaban J connectivity index is 1.18. The van der Waals surface area contributed by atoms with Gasteiger partial charge >= 0.3 is 0 Å². The van der Waals surface area contributed by atoms with Crippen LogP contribution in [-0.2, 0) is 0 Å². The normalized spacial score (nSPS) is 14.6. The van der Waals surface area contributed by atoms with E-state index in [4.69, 9.17) is 0 Å². The zero-order valence-corrected chi connectivity index (χ0v) is 17.6. The van der Waals surface area contributed by atoms with Gasteiger partial charge in [-0.05, 0) is 60.8 Å². The highest BCUT2D eigenvalue weighted by Gasteiger charge is 2.17. The number of thiophene rings is 1. The number of carbonyl (C=O) groups excluding carboxylic acids is 1. The van der Waals surface area contributed by atoms with Gasteiger partial charge < -0.3 is 10.2 Å². The topological polar surface area (TPSA) is 48.5 Å². The molecule has 1 saturated heterocycles. The molecule has 7 heteroatoms. The van der Waals surface area contributed by atoms with Crippen LogP contribution in [0.2, 0.25) is 0 Å². The van der Waals surface area contributed by atoms with E-state index in [1.54, 1.807) is 23.6 Å². The number of aromatic nitrogens is 1. The molecule has 3 heterocycles. The van der Waals surface area contributed by atoms with E-state index in [-0.39, 0.29) is 11.7 Å². The molecule has 5 nitrogen and oxygen atoms in total. The number of hydrogen-bond acceptors (Lipinski definition) is 5. The van der Waals surface area contributed by atoms with Crippen molar-refractivity contribution < 1.29 is 9.18 Å². The molecule has 0 radical (unpaired) electrons. The standard InChI is InChI=1S/C23H25FN4OS/c24-19-4-6-20(7-5-19)28-14-12-27(13-15-28)11-2-9-26-23(29)18-8-10-25-21(17-18)22-3-1-16-30-22/h1,3-8,10,16-17H,2,9,11-15H2,(H,26,29). The zero-order valence-electron chi connectivity index (χ0n) is 16.8. The lowest BCUT2D eigenvalue weighted by Gasteiger charge is -2.36. The predicted molar refractivity (Wildman–Crippen MR) is 120 cm³/mol. The summed E-state index contributed by atoms with van der Waals surface area (Å²) < 4.78 is 13.1. The Bertz CT molecular complexity index is 954. The lowest BCUT2D eigenvalue weighted by molar-refractivity contribution is 0.0951. The molecule has 1 fully saturated rings. The van der Waals surface area contributed by atoms with Crippen molar-refractivity contribution in [1.82, 2.24) is 15.2 Å². The highest BCUT2D eigenvalue weighted by atomic mass is 32.1. The molecule has 156 valence electrons. The van der Waals surface area contributed by atoms with Crippen molar-refractivity contribution in [3.8, 4) is 10.6 Å². The molecule has 0 saturated carbocycles. The van der Waals surface area contributed by atoms with Gasteiger partial charge in [-0.25, -0.2) is 4.39 Å². The van der Waals surface area contributed by atoms with E-state index in [1.165, 1.54) is 12.1 Å². The third-order valence-electron chi connectivity index (χ3n) is 5.30. The van der Waals surface area contributed by atoms with Gasteiger partial charge in [-0.2, -0.15) is 0 Å². The Kier molecular flexibility index (Phi) is 6.71. The minimum Gasteiger partial charge on any atom is -0.369 e. The van der Waals surface area contributed by atoms with Crippen molar-refractivity contribution in [1.29, 1.82) is 0 Å². The average Bonchev–Trinajstić information content (AvgIpc) is 3.33. The van der Waals surface area contributed by atoms with Crippen LogP contribution in [0.5, 0.6) is 0 Å².